The first-order valence-corrected chi connectivity index (χ1v) is 9.83. The molecule has 11 heteroatoms. The van der Waals surface area contributed by atoms with E-state index in [4.69, 9.17) is 0 Å². The molecule has 0 saturated carbocycles. The molecular weight excluding hydrogens is 404 g/mol. The number of imide groups is 1. The summed E-state index contributed by atoms with van der Waals surface area (Å²) >= 11 is 0. The number of nitrogens with zero attached hydrogens (tertiary/aromatic N) is 4. The van der Waals surface area contributed by atoms with Crippen LogP contribution in [0.15, 0.2) is 24.4 Å². The molecule has 0 radical (unpaired) electrons. The van der Waals surface area contributed by atoms with Gasteiger partial charge in [0.2, 0.25) is 17.7 Å². The molecule has 162 valence electrons. The lowest BCUT2D eigenvalue weighted by atomic mass is 10.0. The minimum atomic E-state index is -1.17. The Morgan fingerprint density at radius 2 is 2.10 bits per heavy atom. The first kappa shape index (κ1) is 20.7. The van der Waals surface area contributed by atoms with Crippen LogP contribution in [0, 0.1) is 0 Å². The second-order valence-corrected chi connectivity index (χ2v) is 8.14. The lowest BCUT2D eigenvalue weighted by Crippen LogP contribution is -2.52. The maximum atomic E-state index is 12.9. The predicted molar refractivity (Wildman–Crippen MR) is 106 cm³/mol. The van der Waals surface area contributed by atoms with Crippen molar-refractivity contribution < 1.29 is 24.3 Å². The van der Waals surface area contributed by atoms with E-state index in [9.17, 15) is 24.3 Å². The van der Waals surface area contributed by atoms with Crippen LogP contribution in [-0.2, 0) is 33.1 Å². The Labute approximate surface area is 177 Å². The number of hydrogen-bond donors (Lipinski definition) is 3. The number of carbonyl (C=O) groups excluding carboxylic acids is 4. The fourth-order valence-electron chi connectivity index (χ4n) is 3.70. The summed E-state index contributed by atoms with van der Waals surface area (Å²) in [5.41, 5.74) is 0.656. The molecule has 2 aliphatic rings. The number of amides is 4. The summed E-state index contributed by atoms with van der Waals surface area (Å²) in [5.74, 6) is -1.53. The van der Waals surface area contributed by atoms with Crippen molar-refractivity contribution >= 4 is 29.3 Å². The van der Waals surface area contributed by atoms with Crippen molar-refractivity contribution in [3.05, 3.63) is 41.2 Å². The fourth-order valence-corrected chi connectivity index (χ4v) is 3.70. The van der Waals surface area contributed by atoms with E-state index in [0.717, 1.165) is 0 Å². The third-order valence-corrected chi connectivity index (χ3v) is 5.33. The van der Waals surface area contributed by atoms with Gasteiger partial charge in [-0.25, -0.2) is 4.68 Å². The van der Waals surface area contributed by atoms with Crippen LogP contribution in [-0.4, -0.2) is 54.7 Å². The summed E-state index contributed by atoms with van der Waals surface area (Å²) < 4.78 is 1.31. The summed E-state index contributed by atoms with van der Waals surface area (Å²) in [7, 11) is 0. The number of rotatable bonds is 5. The molecule has 0 aliphatic carbocycles. The van der Waals surface area contributed by atoms with E-state index in [1.165, 1.54) is 15.8 Å². The molecule has 1 aromatic heterocycles. The van der Waals surface area contributed by atoms with E-state index in [-0.39, 0.29) is 43.7 Å². The van der Waals surface area contributed by atoms with Gasteiger partial charge in [0.1, 0.15) is 23.9 Å². The van der Waals surface area contributed by atoms with Crippen molar-refractivity contribution in [3.8, 4) is 0 Å². The molecule has 0 bridgehead atoms. The number of fused-ring (bicyclic) bond motifs is 1. The summed E-state index contributed by atoms with van der Waals surface area (Å²) in [5, 5.41) is 22.7. The van der Waals surface area contributed by atoms with Crippen LogP contribution >= 0.6 is 0 Å². The number of piperidine rings is 1. The Morgan fingerprint density at radius 3 is 2.77 bits per heavy atom. The summed E-state index contributed by atoms with van der Waals surface area (Å²) in [6, 6.07) is 4.26. The van der Waals surface area contributed by atoms with Gasteiger partial charge in [0.15, 0.2) is 0 Å². The number of hydrogen-bond acceptors (Lipinski definition) is 7. The average Bonchev–Trinajstić information content (AvgIpc) is 3.28. The van der Waals surface area contributed by atoms with Crippen LogP contribution in [0.3, 0.4) is 0 Å². The van der Waals surface area contributed by atoms with E-state index in [1.54, 1.807) is 32.0 Å². The number of benzene rings is 1. The van der Waals surface area contributed by atoms with Crippen molar-refractivity contribution in [2.24, 2.45) is 0 Å². The van der Waals surface area contributed by atoms with Gasteiger partial charge in [0, 0.05) is 29.8 Å². The summed E-state index contributed by atoms with van der Waals surface area (Å²) in [6.07, 6.45) is 1.93. The molecule has 3 N–H and O–H groups in total. The van der Waals surface area contributed by atoms with Crippen LogP contribution in [0.1, 0.15) is 48.3 Å². The highest BCUT2D eigenvalue weighted by Crippen LogP contribution is 2.32. The predicted octanol–water partition coefficient (Wildman–Crippen LogP) is -0.0948. The van der Waals surface area contributed by atoms with Crippen molar-refractivity contribution in [1.82, 2.24) is 25.2 Å². The third-order valence-electron chi connectivity index (χ3n) is 5.33. The SMILES string of the molecule is CC(C)(O)c1cn(CC(=O)Nc2cccc3c2CN(C2CCC(=O)NC2=O)C3=O)nn1. The molecule has 11 nitrogen and oxygen atoms in total. The molecule has 1 fully saturated rings. The second-order valence-electron chi connectivity index (χ2n) is 8.14. The van der Waals surface area contributed by atoms with Crippen LogP contribution in [0.25, 0.3) is 0 Å². The van der Waals surface area contributed by atoms with E-state index in [2.05, 4.69) is 20.9 Å². The number of aliphatic hydroxyl groups is 1. The maximum absolute atomic E-state index is 12.9. The number of carbonyl (C=O) groups is 4. The van der Waals surface area contributed by atoms with Crippen LogP contribution in [0.4, 0.5) is 5.69 Å². The van der Waals surface area contributed by atoms with Crippen LogP contribution in [0.2, 0.25) is 0 Å². The topological polar surface area (TPSA) is 147 Å². The normalized spacial score (nSPS) is 18.7. The molecule has 4 rings (SSSR count). The highest BCUT2D eigenvalue weighted by atomic mass is 16.3. The van der Waals surface area contributed by atoms with Gasteiger partial charge in [-0.3, -0.25) is 24.5 Å². The largest absolute Gasteiger partial charge is 0.384 e. The lowest BCUT2D eigenvalue weighted by Gasteiger charge is -2.29. The Balaban J connectivity index is 1.48. The Bertz CT molecular complexity index is 1090. The summed E-state index contributed by atoms with van der Waals surface area (Å²) in [6.45, 7) is 3.17. The lowest BCUT2D eigenvalue weighted by molar-refractivity contribution is -0.137. The van der Waals surface area contributed by atoms with E-state index in [0.29, 0.717) is 22.5 Å². The maximum Gasteiger partial charge on any atom is 0.255 e. The highest BCUT2D eigenvalue weighted by molar-refractivity contribution is 6.06. The van der Waals surface area contributed by atoms with Gasteiger partial charge in [-0.2, -0.15) is 0 Å². The van der Waals surface area contributed by atoms with Crippen molar-refractivity contribution in [3.63, 3.8) is 0 Å². The van der Waals surface area contributed by atoms with E-state index in [1.807, 2.05) is 0 Å². The monoisotopic (exact) mass is 426 g/mol. The zero-order valence-electron chi connectivity index (χ0n) is 17.1. The number of aromatic nitrogens is 3. The standard InChI is InChI=1S/C20H22N6O5/c1-20(2,31)15-9-25(24-23-15)10-17(28)21-13-5-3-4-11-12(13)8-26(19(11)30)14-6-7-16(27)22-18(14)29/h3-5,9,14,31H,6-8,10H2,1-2H3,(H,21,28)(H,22,27,29). The van der Waals surface area contributed by atoms with Crippen molar-refractivity contribution in [1.29, 1.82) is 0 Å². The van der Waals surface area contributed by atoms with Gasteiger partial charge < -0.3 is 15.3 Å². The van der Waals surface area contributed by atoms with Crippen LogP contribution in [0.5, 0.6) is 0 Å². The molecule has 4 amide bonds. The number of anilines is 1. The number of nitrogens with one attached hydrogen (secondary N) is 2. The molecule has 1 saturated heterocycles. The molecule has 0 spiro atoms. The average molecular weight is 426 g/mol. The quantitative estimate of drug-likeness (QED) is 0.566. The molecule has 3 heterocycles. The minimum absolute atomic E-state index is 0.127. The van der Waals surface area contributed by atoms with Crippen molar-refractivity contribution in [2.75, 3.05) is 5.32 Å². The summed E-state index contributed by atoms with van der Waals surface area (Å²) in [4.78, 5) is 50.4. The molecule has 31 heavy (non-hydrogen) atoms. The van der Waals surface area contributed by atoms with E-state index >= 15 is 0 Å². The Morgan fingerprint density at radius 1 is 1.32 bits per heavy atom. The molecule has 2 aromatic rings. The van der Waals surface area contributed by atoms with Gasteiger partial charge in [-0.15, -0.1) is 5.10 Å². The van der Waals surface area contributed by atoms with Gasteiger partial charge in [0.25, 0.3) is 5.91 Å². The molecular formula is C20H22N6O5. The smallest absolute Gasteiger partial charge is 0.255 e. The second kappa shape index (κ2) is 7.58. The molecule has 1 aromatic carbocycles. The fraction of sp³-hybridized carbons (Fsp3) is 0.400. The zero-order chi connectivity index (χ0) is 22.3. The molecule has 1 atom stereocenters. The van der Waals surface area contributed by atoms with E-state index < -0.39 is 17.6 Å². The van der Waals surface area contributed by atoms with Gasteiger partial charge in [0.05, 0.1) is 6.20 Å². The molecule has 2 aliphatic heterocycles. The highest BCUT2D eigenvalue weighted by Gasteiger charge is 2.40. The van der Waals surface area contributed by atoms with Gasteiger partial charge in [-0.05, 0) is 32.4 Å². The van der Waals surface area contributed by atoms with Crippen molar-refractivity contribution in [2.45, 2.75) is 51.4 Å². The first-order chi connectivity index (χ1) is 14.6. The Kier molecular flexibility index (Phi) is 5.05. The minimum Gasteiger partial charge on any atom is -0.384 e. The first-order valence-electron chi connectivity index (χ1n) is 9.83. The third kappa shape index (κ3) is 4.04. The zero-order valence-corrected chi connectivity index (χ0v) is 17.1. The van der Waals surface area contributed by atoms with Crippen LogP contribution < -0.4 is 10.6 Å². The Hall–Kier alpha value is -3.60. The van der Waals surface area contributed by atoms with Gasteiger partial charge >= 0.3 is 0 Å². The molecule has 1 unspecified atom stereocenters. The van der Waals surface area contributed by atoms with Gasteiger partial charge in [-0.1, -0.05) is 11.3 Å².